The summed E-state index contributed by atoms with van der Waals surface area (Å²) in [6.45, 7) is 4.69. The number of nitrogens with two attached hydrogens (primary N) is 1. The molecule has 0 heterocycles. The van der Waals surface area contributed by atoms with Gasteiger partial charge in [0.25, 0.3) is 0 Å². The third-order valence-electron chi connectivity index (χ3n) is 2.76. The van der Waals surface area contributed by atoms with E-state index in [1.807, 2.05) is 0 Å². The molecule has 0 saturated heterocycles. The summed E-state index contributed by atoms with van der Waals surface area (Å²) in [7, 11) is 0. The Labute approximate surface area is 73.7 Å². The monoisotopic (exact) mass is 170 g/mol. The smallest absolute Gasteiger partial charge is 0.236 e. The highest BCUT2D eigenvalue weighted by molar-refractivity contribution is 5.81. The minimum Gasteiger partial charge on any atom is -0.354 e. The fourth-order valence-corrected chi connectivity index (χ4v) is 1.27. The van der Waals surface area contributed by atoms with E-state index in [0.29, 0.717) is 5.41 Å². The SMILES string of the molecule is CCC1(CNC(=O)[C@@H](C)N)CC1. The van der Waals surface area contributed by atoms with Crippen LogP contribution in [0.4, 0.5) is 0 Å². The molecule has 12 heavy (non-hydrogen) atoms. The van der Waals surface area contributed by atoms with E-state index in [4.69, 9.17) is 5.73 Å². The summed E-state index contributed by atoms with van der Waals surface area (Å²) in [5.74, 6) is -0.0327. The van der Waals surface area contributed by atoms with Crippen LogP contribution in [0.25, 0.3) is 0 Å². The van der Waals surface area contributed by atoms with E-state index in [9.17, 15) is 4.79 Å². The fraction of sp³-hybridized carbons (Fsp3) is 0.889. The van der Waals surface area contributed by atoms with Gasteiger partial charge in [0, 0.05) is 6.54 Å². The molecule has 0 radical (unpaired) electrons. The molecule has 1 amide bonds. The van der Waals surface area contributed by atoms with Gasteiger partial charge in [-0.2, -0.15) is 0 Å². The van der Waals surface area contributed by atoms with E-state index in [0.717, 1.165) is 13.0 Å². The Kier molecular flexibility index (Phi) is 2.73. The van der Waals surface area contributed by atoms with Crippen LogP contribution >= 0.6 is 0 Å². The minimum absolute atomic E-state index is 0.0327. The van der Waals surface area contributed by atoms with Crippen molar-refractivity contribution in [1.29, 1.82) is 0 Å². The molecular weight excluding hydrogens is 152 g/mol. The third-order valence-corrected chi connectivity index (χ3v) is 2.76. The molecule has 1 rings (SSSR count). The third kappa shape index (κ3) is 2.21. The Hall–Kier alpha value is -0.570. The van der Waals surface area contributed by atoms with E-state index >= 15 is 0 Å². The van der Waals surface area contributed by atoms with Crippen molar-refractivity contribution in [2.24, 2.45) is 11.1 Å². The molecule has 1 aliphatic rings. The van der Waals surface area contributed by atoms with Crippen molar-refractivity contribution >= 4 is 5.91 Å². The highest BCUT2D eigenvalue weighted by atomic mass is 16.2. The lowest BCUT2D eigenvalue weighted by Gasteiger charge is -2.14. The van der Waals surface area contributed by atoms with E-state index in [1.165, 1.54) is 12.8 Å². The second kappa shape index (κ2) is 3.44. The summed E-state index contributed by atoms with van der Waals surface area (Å²) in [4.78, 5) is 11.1. The number of carbonyl (C=O) groups is 1. The lowest BCUT2D eigenvalue weighted by atomic mass is 10.0. The second-order valence-corrected chi connectivity index (χ2v) is 3.86. The fourth-order valence-electron chi connectivity index (χ4n) is 1.27. The number of amides is 1. The Morgan fingerprint density at radius 3 is 2.58 bits per heavy atom. The van der Waals surface area contributed by atoms with Gasteiger partial charge in [-0.3, -0.25) is 4.79 Å². The molecule has 0 spiro atoms. The van der Waals surface area contributed by atoms with Gasteiger partial charge >= 0.3 is 0 Å². The molecule has 1 atom stereocenters. The van der Waals surface area contributed by atoms with E-state index in [2.05, 4.69) is 12.2 Å². The van der Waals surface area contributed by atoms with Crippen LogP contribution in [-0.4, -0.2) is 18.5 Å². The maximum absolute atomic E-state index is 11.1. The molecule has 1 fully saturated rings. The van der Waals surface area contributed by atoms with Crippen LogP contribution in [0.15, 0.2) is 0 Å². The highest BCUT2D eigenvalue weighted by Crippen LogP contribution is 2.47. The van der Waals surface area contributed by atoms with Crippen molar-refractivity contribution in [3.8, 4) is 0 Å². The number of nitrogens with one attached hydrogen (secondary N) is 1. The molecule has 0 unspecified atom stereocenters. The predicted molar refractivity (Wildman–Crippen MR) is 48.6 cm³/mol. The van der Waals surface area contributed by atoms with Gasteiger partial charge in [0.05, 0.1) is 6.04 Å². The van der Waals surface area contributed by atoms with Gasteiger partial charge in [0.2, 0.25) is 5.91 Å². The maximum atomic E-state index is 11.1. The first-order valence-electron chi connectivity index (χ1n) is 4.63. The van der Waals surface area contributed by atoms with Crippen molar-refractivity contribution in [3.05, 3.63) is 0 Å². The van der Waals surface area contributed by atoms with Gasteiger partial charge in [-0.1, -0.05) is 6.92 Å². The van der Waals surface area contributed by atoms with Crippen molar-refractivity contribution in [2.75, 3.05) is 6.54 Å². The summed E-state index contributed by atoms with van der Waals surface area (Å²) in [6.07, 6.45) is 3.66. The van der Waals surface area contributed by atoms with Crippen LogP contribution in [-0.2, 0) is 4.79 Å². The largest absolute Gasteiger partial charge is 0.354 e. The highest BCUT2D eigenvalue weighted by Gasteiger charge is 2.40. The number of hydrogen-bond acceptors (Lipinski definition) is 2. The van der Waals surface area contributed by atoms with Crippen molar-refractivity contribution in [3.63, 3.8) is 0 Å². The van der Waals surface area contributed by atoms with Gasteiger partial charge in [0.15, 0.2) is 0 Å². The first-order valence-corrected chi connectivity index (χ1v) is 4.63. The molecule has 0 aromatic rings. The molecule has 3 nitrogen and oxygen atoms in total. The zero-order valence-corrected chi connectivity index (χ0v) is 7.89. The molecule has 3 N–H and O–H groups in total. The molecule has 1 saturated carbocycles. The second-order valence-electron chi connectivity index (χ2n) is 3.86. The minimum atomic E-state index is -0.377. The molecular formula is C9H18N2O. The van der Waals surface area contributed by atoms with Crippen LogP contribution in [0, 0.1) is 5.41 Å². The molecule has 0 aliphatic heterocycles. The van der Waals surface area contributed by atoms with Gasteiger partial charge in [-0.15, -0.1) is 0 Å². The summed E-state index contributed by atoms with van der Waals surface area (Å²) in [5.41, 5.74) is 5.84. The molecule has 0 aromatic heterocycles. The molecule has 70 valence electrons. The number of rotatable bonds is 4. The van der Waals surface area contributed by atoms with Crippen molar-refractivity contribution in [2.45, 2.75) is 39.2 Å². The van der Waals surface area contributed by atoms with Gasteiger partial charge in [-0.05, 0) is 31.6 Å². The zero-order valence-electron chi connectivity index (χ0n) is 7.89. The average molecular weight is 170 g/mol. The van der Waals surface area contributed by atoms with Gasteiger partial charge < -0.3 is 11.1 Å². The lowest BCUT2D eigenvalue weighted by Crippen LogP contribution is -2.40. The van der Waals surface area contributed by atoms with Crippen LogP contribution in [0.3, 0.4) is 0 Å². The Morgan fingerprint density at radius 2 is 2.25 bits per heavy atom. The van der Waals surface area contributed by atoms with E-state index in [-0.39, 0.29) is 11.9 Å². The standard InChI is InChI=1S/C9H18N2O/c1-3-9(4-5-9)6-11-8(12)7(2)10/h7H,3-6,10H2,1-2H3,(H,11,12)/t7-/m1/s1. The molecule has 0 aromatic carbocycles. The molecule has 0 bridgehead atoms. The van der Waals surface area contributed by atoms with Crippen LogP contribution < -0.4 is 11.1 Å². The van der Waals surface area contributed by atoms with E-state index in [1.54, 1.807) is 6.92 Å². The van der Waals surface area contributed by atoms with Crippen LogP contribution in [0.5, 0.6) is 0 Å². The average Bonchev–Trinajstić information content (AvgIpc) is 2.81. The van der Waals surface area contributed by atoms with Crippen molar-refractivity contribution in [1.82, 2.24) is 5.32 Å². The van der Waals surface area contributed by atoms with E-state index < -0.39 is 0 Å². The van der Waals surface area contributed by atoms with Crippen molar-refractivity contribution < 1.29 is 4.79 Å². The topological polar surface area (TPSA) is 55.1 Å². The zero-order chi connectivity index (χ0) is 9.19. The lowest BCUT2D eigenvalue weighted by molar-refractivity contribution is -0.122. The summed E-state index contributed by atoms with van der Waals surface area (Å²) in [6, 6.07) is -0.377. The molecule has 1 aliphatic carbocycles. The predicted octanol–water partition coefficient (Wildman–Crippen LogP) is 0.640. The Morgan fingerprint density at radius 1 is 1.67 bits per heavy atom. The normalized spacial score (nSPS) is 21.6. The summed E-state index contributed by atoms with van der Waals surface area (Å²) < 4.78 is 0. The van der Waals surface area contributed by atoms with Crippen LogP contribution in [0.2, 0.25) is 0 Å². The Bertz CT molecular complexity index is 173. The van der Waals surface area contributed by atoms with Gasteiger partial charge in [-0.25, -0.2) is 0 Å². The number of hydrogen-bond donors (Lipinski definition) is 2. The quantitative estimate of drug-likeness (QED) is 0.650. The maximum Gasteiger partial charge on any atom is 0.236 e. The Balaban J connectivity index is 2.21. The summed E-state index contributed by atoms with van der Waals surface area (Å²) in [5, 5.41) is 2.87. The first kappa shape index (κ1) is 9.52. The van der Waals surface area contributed by atoms with Gasteiger partial charge in [0.1, 0.15) is 0 Å². The molecule has 3 heteroatoms. The van der Waals surface area contributed by atoms with Crippen LogP contribution in [0.1, 0.15) is 33.1 Å². The summed E-state index contributed by atoms with van der Waals surface area (Å²) >= 11 is 0. The first-order chi connectivity index (χ1) is 5.59. The number of carbonyl (C=O) groups excluding carboxylic acids is 1.